The van der Waals surface area contributed by atoms with E-state index >= 15 is 0 Å². The number of rotatable bonds is 4. The average molecular weight is 286 g/mol. The Morgan fingerprint density at radius 1 is 1.40 bits per heavy atom. The quantitative estimate of drug-likeness (QED) is 0.291. The molecular formula is C13H30N6O. The molecule has 7 heteroatoms. The van der Waals surface area contributed by atoms with Gasteiger partial charge in [-0.05, 0) is 45.3 Å². The summed E-state index contributed by atoms with van der Waals surface area (Å²) in [5.74, 6) is 5.28. The number of carbonyl (C=O) groups is 1. The van der Waals surface area contributed by atoms with Crippen LogP contribution in [0.3, 0.4) is 0 Å². The lowest BCUT2D eigenvalue weighted by molar-refractivity contribution is -0.123. The minimum atomic E-state index is -0.291. The highest BCUT2D eigenvalue weighted by Gasteiger charge is 2.19. The molecule has 1 fully saturated rings. The molecule has 0 bridgehead atoms. The highest BCUT2D eigenvalue weighted by Crippen LogP contribution is 2.19. The number of amidine groups is 1. The molecule has 0 radical (unpaired) electrons. The molecular weight excluding hydrogens is 256 g/mol. The van der Waals surface area contributed by atoms with E-state index in [2.05, 4.69) is 17.0 Å². The Hall–Kier alpha value is -1.34. The molecule has 1 rings (SSSR count). The van der Waals surface area contributed by atoms with Gasteiger partial charge in [0.05, 0.1) is 0 Å². The molecule has 1 saturated heterocycles. The maximum Gasteiger partial charge on any atom is 0.290 e. The molecule has 1 heterocycles. The standard InChI is InChI=1S/C11H24N6O.C2H6/c1-16-6-3-9(4-7-16)5-8-17(2)11(18)10(12)14-15-13;1-2/h9,15H,3-8,13H2,1-2H3,(H2,12,14);1-2H3. The van der Waals surface area contributed by atoms with Crippen molar-refractivity contribution in [1.82, 2.24) is 15.3 Å². The summed E-state index contributed by atoms with van der Waals surface area (Å²) >= 11 is 0. The van der Waals surface area contributed by atoms with Gasteiger partial charge >= 0.3 is 0 Å². The van der Waals surface area contributed by atoms with Gasteiger partial charge in [0, 0.05) is 13.6 Å². The summed E-state index contributed by atoms with van der Waals surface area (Å²) in [6.07, 6.45) is 3.42. The van der Waals surface area contributed by atoms with Crippen molar-refractivity contribution in [2.45, 2.75) is 33.1 Å². The summed E-state index contributed by atoms with van der Waals surface area (Å²) in [5.41, 5.74) is 7.49. The van der Waals surface area contributed by atoms with Crippen LogP contribution < -0.4 is 17.1 Å². The Morgan fingerprint density at radius 2 is 1.95 bits per heavy atom. The zero-order chi connectivity index (χ0) is 15.5. The molecule has 20 heavy (non-hydrogen) atoms. The van der Waals surface area contributed by atoms with E-state index in [4.69, 9.17) is 11.6 Å². The number of amides is 1. The number of carbonyl (C=O) groups excluding carboxylic acids is 1. The van der Waals surface area contributed by atoms with Gasteiger partial charge in [-0.15, -0.1) is 5.10 Å². The Bertz CT molecular complexity index is 299. The van der Waals surface area contributed by atoms with Crippen molar-refractivity contribution in [1.29, 1.82) is 0 Å². The number of piperidine rings is 1. The van der Waals surface area contributed by atoms with Crippen molar-refractivity contribution in [3.63, 3.8) is 0 Å². The van der Waals surface area contributed by atoms with Gasteiger partial charge in [-0.25, -0.2) is 11.4 Å². The van der Waals surface area contributed by atoms with Crippen LogP contribution in [-0.2, 0) is 4.79 Å². The summed E-state index contributed by atoms with van der Waals surface area (Å²) in [6, 6.07) is 0. The molecule has 0 aromatic carbocycles. The Kier molecular flexibility index (Phi) is 9.75. The summed E-state index contributed by atoms with van der Waals surface area (Å²) in [5, 5.41) is 3.47. The van der Waals surface area contributed by atoms with Crippen molar-refractivity contribution < 1.29 is 4.79 Å². The van der Waals surface area contributed by atoms with Crippen molar-refractivity contribution in [3.8, 4) is 0 Å². The predicted octanol–water partition coefficient (Wildman–Crippen LogP) is -0.0616. The van der Waals surface area contributed by atoms with Crippen molar-refractivity contribution in [2.24, 2.45) is 22.6 Å². The normalized spacial score (nSPS) is 17.1. The third-order valence-corrected chi connectivity index (χ3v) is 3.46. The number of hydrazine groups is 1. The molecule has 0 unspecified atom stereocenters. The zero-order valence-electron chi connectivity index (χ0n) is 13.2. The number of nitrogens with one attached hydrogen (secondary N) is 1. The van der Waals surface area contributed by atoms with Crippen LogP contribution in [0.25, 0.3) is 0 Å². The van der Waals surface area contributed by atoms with Gasteiger partial charge in [-0.3, -0.25) is 4.79 Å². The highest BCUT2D eigenvalue weighted by molar-refractivity contribution is 6.36. The minimum absolute atomic E-state index is 0.108. The lowest BCUT2D eigenvalue weighted by Crippen LogP contribution is -2.41. The highest BCUT2D eigenvalue weighted by atomic mass is 16.2. The number of likely N-dealkylation sites (tertiary alicyclic amines) is 1. The summed E-state index contributed by atoms with van der Waals surface area (Å²) < 4.78 is 0. The SMILES string of the molecule is CC.CN1CCC(CCN(C)C(=O)/C(N)=N/NN)CC1. The molecule has 0 aromatic rings. The molecule has 118 valence electrons. The molecule has 1 aliphatic rings. The van der Waals surface area contributed by atoms with Crippen LogP contribution in [0.5, 0.6) is 0 Å². The van der Waals surface area contributed by atoms with Crippen molar-refractivity contribution in [3.05, 3.63) is 0 Å². The van der Waals surface area contributed by atoms with E-state index in [1.54, 1.807) is 11.9 Å². The number of nitrogens with two attached hydrogens (primary N) is 2. The fourth-order valence-corrected chi connectivity index (χ4v) is 2.14. The second-order valence-electron chi connectivity index (χ2n) is 4.89. The van der Waals surface area contributed by atoms with Crippen LogP contribution >= 0.6 is 0 Å². The Morgan fingerprint density at radius 3 is 2.45 bits per heavy atom. The first-order valence-corrected chi connectivity index (χ1v) is 7.27. The van der Waals surface area contributed by atoms with E-state index in [0.29, 0.717) is 12.5 Å². The first-order valence-electron chi connectivity index (χ1n) is 7.27. The van der Waals surface area contributed by atoms with E-state index in [0.717, 1.165) is 19.5 Å². The van der Waals surface area contributed by atoms with Gasteiger partial charge in [0.1, 0.15) is 0 Å². The van der Waals surface area contributed by atoms with Gasteiger partial charge in [0.2, 0.25) is 5.84 Å². The van der Waals surface area contributed by atoms with Gasteiger partial charge in [-0.2, -0.15) is 0 Å². The number of hydrazone groups is 1. The van der Waals surface area contributed by atoms with Gasteiger partial charge in [-0.1, -0.05) is 13.8 Å². The largest absolute Gasteiger partial charge is 0.378 e. The number of nitrogens with zero attached hydrogens (tertiary/aromatic N) is 3. The Labute approximate surface area is 122 Å². The van der Waals surface area contributed by atoms with Crippen molar-refractivity contribution >= 4 is 11.7 Å². The molecule has 1 aliphatic heterocycles. The molecule has 0 saturated carbocycles. The number of hydrogen-bond donors (Lipinski definition) is 3. The fraction of sp³-hybridized carbons (Fsp3) is 0.846. The average Bonchev–Trinajstić information content (AvgIpc) is 2.48. The maximum atomic E-state index is 11.7. The van der Waals surface area contributed by atoms with Gasteiger partial charge < -0.3 is 15.5 Å². The van der Waals surface area contributed by atoms with Crippen LogP contribution in [0.15, 0.2) is 5.10 Å². The van der Waals surface area contributed by atoms with Crippen LogP contribution in [0.2, 0.25) is 0 Å². The molecule has 5 N–H and O–H groups in total. The second kappa shape index (κ2) is 10.4. The van der Waals surface area contributed by atoms with Crippen LogP contribution in [0.1, 0.15) is 33.1 Å². The molecule has 0 aliphatic carbocycles. The van der Waals surface area contributed by atoms with Crippen LogP contribution in [-0.4, -0.2) is 55.3 Å². The summed E-state index contributed by atoms with van der Waals surface area (Å²) in [7, 11) is 3.87. The molecule has 7 nitrogen and oxygen atoms in total. The van der Waals surface area contributed by atoms with Crippen LogP contribution in [0, 0.1) is 5.92 Å². The minimum Gasteiger partial charge on any atom is -0.378 e. The third kappa shape index (κ3) is 6.72. The van der Waals surface area contributed by atoms with E-state index < -0.39 is 0 Å². The van der Waals surface area contributed by atoms with Gasteiger partial charge in [0.25, 0.3) is 5.91 Å². The molecule has 1 amide bonds. The van der Waals surface area contributed by atoms with E-state index in [1.807, 2.05) is 19.4 Å². The third-order valence-electron chi connectivity index (χ3n) is 3.46. The first-order chi connectivity index (χ1) is 9.54. The lowest BCUT2D eigenvalue weighted by Gasteiger charge is -2.30. The van der Waals surface area contributed by atoms with E-state index in [1.165, 1.54) is 12.8 Å². The van der Waals surface area contributed by atoms with E-state index in [9.17, 15) is 4.79 Å². The molecule has 0 spiro atoms. The summed E-state index contributed by atoms with van der Waals surface area (Å²) in [4.78, 5) is 15.7. The number of likely N-dealkylation sites (N-methyl/N-ethyl adjacent to an activating group) is 1. The zero-order valence-corrected chi connectivity index (χ0v) is 13.2. The van der Waals surface area contributed by atoms with Crippen LogP contribution in [0.4, 0.5) is 0 Å². The maximum absolute atomic E-state index is 11.7. The molecule has 0 atom stereocenters. The fourth-order valence-electron chi connectivity index (χ4n) is 2.14. The number of hydrogen-bond acceptors (Lipinski definition) is 5. The van der Waals surface area contributed by atoms with E-state index in [-0.39, 0.29) is 11.7 Å². The Balaban J connectivity index is 0.00000172. The first kappa shape index (κ1) is 18.7. The molecule has 0 aromatic heterocycles. The summed E-state index contributed by atoms with van der Waals surface area (Å²) in [6.45, 7) is 6.99. The van der Waals surface area contributed by atoms with Crippen molar-refractivity contribution in [2.75, 3.05) is 33.7 Å². The predicted molar refractivity (Wildman–Crippen MR) is 82.8 cm³/mol. The lowest BCUT2D eigenvalue weighted by atomic mass is 9.94. The van der Waals surface area contributed by atoms with Gasteiger partial charge in [0.15, 0.2) is 0 Å². The topological polar surface area (TPSA) is 100.0 Å². The monoisotopic (exact) mass is 286 g/mol. The second-order valence-corrected chi connectivity index (χ2v) is 4.89. The smallest absolute Gasteiger partial charge is 0.290 e.